The number of aromatic amines is 1. The SMILES string of the molecule is Cc1cn2cc(-c3c(Cl)c(F)cc4[nH]ncc34)ncc2n1. The van der Waals surface area contributed by atoms with E-state index in [9.17, 15) is 4.39 Å². The third-order valence-corrected chi connectivity index (χ3v) is 3.73. The van der Waals surface area contributed by atoms with E-state index >= 15 is 0 Å². The topological polar surface area (TPSA) is 58.9 Å². The van der Waals surface area contributed by atoms with E-state index in [1.165, 1.54) is 6.07 Å². The predicted molar refractivity (Wildman–Crippen MR) is 77.8 cm³/mol. The maximum absolute atomic E-state index is 14.0. The Labute approximate surface area is 123 Å². The number of H-pyrrole nitrogens is 1. The van der Waals surface area contributed by atoms with Crippen LogP contribution in [0.4, 0.5) is 4.39 Å². The molecular weight excluding hydrogens is 293 g/mol. The summed E-state index contributed by atoms with van der Waals surface area (Å²) in [6.07, 6.45) is 6.90. The van der Waals surface area contributed by atoms with Gasteiger partial charge in [-0.15, -0.1) is 0 Å². The molecule has 0 aliphatic carbocycles. The maximum Gasteiger partial charge on any atom is 0.155 e. The molecule has 21 heavy (non-hydrogen) atoms. The van der Waals surface area contributed by atoms with Crippen molar-refractivity contribution in [2.24, 2.45) is 0 Å². The quantitative estimate of drug-likeness (QED) is 0.586. The molecule has 0 aliphatic heterocycles. The molecule has 0 fully saturated rings. The van der Waals surface area contributed by atoms with Gasteiger partial charge in [0.15, 0.2) is 5.65 Å². The Balaban J connectivity index is 2.07. The Morgan fingerprint density at radius 1 is 1.29 bits per heavy atom. The first-order chi connectivity index (χ1) is 10.1. The summed E-state index contributed by atoms with van der Waals surface area (Å²) in [7, 11) is 0. The lowest BCUT2D eigenvalue weighted by Crippen LogP contribution is -1.93. The maximum atomic E-state index is 14.0. The van der Waals surface area contributed by atoms with Crippen LogP contribution < -0.4 is 0 Å². The van der Waals surface area contributed by atoms with Crippen LogP contribution in [0.25, 0.3) is 27.8 Å². The number of halogens is 2. The number of benzene rings is 1. The molecule has 104 valence electrons. The summed E-state index contributed by atoms with van der Waals surface area (Å²) in [6, 6.07) is 1.33. The van der Waals surface area contributed by atoms with Crippen LogP contribution in [-0.2, 0) is 0 Å². The Morgan fingerprint density at radius 3 is 3.00 bits per heavy atom. The number of fused-ring (bicyclic) bond motifs is 2. The average Bonchev–Trinajstić information content (AvgIpc) is 3.04. The molecule has 0 bridgehead atoms. The lowest BCUT2D eigenvalue weighted by atomic mass is 10.1. The van der Waals surface area contributed by atoms with Crippen LogP contribution in [0.5, 0.6) is 0 Å². The van der Waals surface area contributed by atoms with Crippen molar-refractivity contribution in [1.29, 1.82) is 0 Å². The molecule has 1 aromatic carbocycles. The monoisotopic (exact) mass is 301 g/mol. The molecule has 0 atom stereocenters. The van der Waals surface area contributed by atoms with Gasteiger partial charge in [-0.1, -0.05) is 11.6 Å². The summed E-state index contributed by atoms with van der Waals surface area (Å²) in [5.41, 5.74) is 3.28. The zero-order valence-electron chi connectivity index (χ0n) is 10.9. The highest BCUT2D eigenvalue weighted by atomic mass is 35.5. The smallest absolute Gasteiger partial charge is 0.155 e. The van der Waals surface area contributed by atoms with Gasteiger partial charge >= 0.3 is 0 Å². The summed E-state index contributed by atoms with van der Waals surface area (Å²) < 4.78 is 15.8. The van der Waals surface area contributed by atoms with Crippen molar-refractivity contribution in [2.75, 3.05) is 0 Å². The van der Waals surface area contributed by atoms with E-state index in [-0.39, 0.29) is 5.02 Å². The van der Waals surface area contributed by atoms with E-state index in [0.29, 0.717) is 16.8 Å². The van der Waals surface area contributed by atoms with Gasteiger partial charge < -0.3 is 4.40 Å². The number of imidazole rings is 1. The number of hydrogen-bond acceptors (Lipinski definition) is 3. The molecule has 4 aromatic rings. The molecule has 0 unspecified atom stereocenters. The van der Waals surface area contributed by atoms with Crippen LogP contribution in [0.2, 0.25) is 5.02 Å². The Bertz CT molecular complexity index is 988. The van der Waals surface area contributed by atoms with Gasteiger partial charge in [-0.2, -0.15) is 5.10 Å². The van der Waals surface area contributed by atoms with Gasteiger partial charge in [-0.05, 0) is 6.92 Å². The summed E-state index contributed by atoms with van der Waals surface area (Å²) in [5.74, 6) is -0.507. The zero-order valence-corrected chi connectivity index (χ0v) is 11.7. The molecule has 4 rings (SSSR count). The van der Waals surface area contributed by atoms with Crippen molar-refractivity contribution in [1.82, 2.24) is 24.6 Å². The molecule has 7 heteroatoms. The molecule has 0 saturated carbocycles. The van der Waals surface area contributed by atoms with Crippen LogP contribution in [0.15, 0.2) is 30.9 Å². The number of nitrogens with zero attached hydrogens (tertiary/aromatic N) is 4. The molecular formula is C14H9ClFN5. The fourth-order valence-electron chi connectivity index (χ4n) is 2.44. The van der Waals surface area contributed by atoms with Crippen LogP contribution in [-0.4, -0.2) is 24.6 Å². The van der Waals surface area contributed by atoms with E-state index in [1.54, 1.807) is 18.6 Å². The Morgan fingerprint density at radius 2 is 2.14 bits per heavy atom. The average molecular weight is 302 g/mol. The van der Waals surface area contributed by atoms with E-state index < -0.39 is 5.82 Å². The number of rotatable bonds is 1. The van der Waals surface area contributed by atoms with Crippen LogP contribution in [0, 0.1) is 12.7 Å². The molecule has 3 aromatic heterocycles. The van der Waals surface area contributed by atoms with Gasteiger partial charge in [-0.25, -0.2) is 9.37 Å². The molecule has 0 saturated heterocycles. The van der Waals surface area contributed by atoms with Gasteiger partial charge in [-0.3, -0.25) is 10.1 Å². The fourth-order valence-corrected chi connectivity index (χ4v) is 2.69. The highest BCUT2D eigenvalue weighted by molar-refractivity contribution is 6.35. The Hall–Kier alpha value is -2.47. The molecule has 3 heterocycles. The first-order valence-corrected chi connectivity index (χ1v) is 6.64. The lowest BCUT2D eigenvalue weighted by molar-refractivity contribution is 0.630. The molecule has 0 spiro atoms. The highest BCUT2D eigenvalue weighted by Gasteiger charge is 2.16. The second-order valence-corrected chi connectivity index (χ2v) is 5.18. The first-order valence-electron chi connectivity index (χ1n) is 6.26. The van der Waals surface area contributed by atoms with E-state index in [2.05, 4.69) is 20.2 Å². The van der Waals surface area contributed by atoms with E-state index in [4.69, 9.17) is 11.6 Å². The second-order valence-electron chi connectivity index (χ2n) is 4.80. The van der Waals surface area contributed by atoms with Crippen molar-refractivity contribution in [2.45, 2.75) is 6.92 Å². The van der Waals surface area contributed by atoms with Crippen molar-refractivity contribution >= 4 is 28.2 Å². The van der Waals surface area contributed by atoms with Crippen LogP contribution in [0.1, 0.15) is 5.69 Å². The molecule has 0 amide bonds. The summed E-state index contributed by atoms with van der Waals surface area (Å²) in [5, 5.41) is 7.44. The lowest BCUT2D eigenvalue weighted by Gasteiger charge is -2.07. The minimum absolute atomic E-state index is 0.0348. The summed E-state index contributed by atoms with van der Waals surface area (Å²) >= 11 is 6.14. The molecule has 0 aliphatic rings. The Kier molecular flexibility index (Phi) is 2.49. The van der Waals surface area contributed by atoms with Crippen molar-refractivity contribution in [3.63, 3.8) is 0 Å². The van der Waals surface area contributed by atoms with Gasteiger partial charge in [0.25, 0.3) is 0 Å². The normalized spacial score (nSPS) is 11.6. The fraction of sp³-hybridized carbons (Fsp3) is 0.0714. The largest absolute Gasteiger partial charge is 0.303 e. The van der Waals surface area contributed by atoms with Gasteiger partial charge in [0, 0.05) is 29.4 Å². The number of aromatic nitrogens is 5. The first kappa shape index (κ1) is 12.3. The van der Waals surface area contributed by atoms with Gasteiger partial charge in [0.1, 0.15) is 5.82 Å². The molecule has 5 nitrogen and oxygen atoms in total. The zero-order chi connectivity index (χ0) is 14.6. The third-order valence-electron chi connectivity index (χ3n) is 3.36. The van der Waals surface area contributed by atoms with Crippen molar-refractivity contribution in [3.8, 4) is 11.3 Å². The van der Waals surface area contributed by atoms with Crippen molar-refractivity contribution < 1.29 is 4.39 Å². The summed E-state index contributed by atoms with van der Waals surface area (Å²) in [4.78, 5) is 8.66. The standard InChI is InChI=1S/C14H9ClFN5/c1-7-5-21-6-11(17-4-12(21)19-7)13-8-3-18-20-10(8)2-9(16)14(13)15/h2-6H,1H3,(H,18,20). The van der Waals surface area contributed by atoms with Crippen molar-refractivity contribution in [3.05, 3.63) is 47.4 Å². The minimum Gasteiger partial charge on any atom is -0.303 e. The van der Waals surface area contributed by atoms with Crippen LogP contribution in [0.3, 0.4) is 0 Å². The number of aryl methyl sites for hydroxylation is 1. The molecule has 0 radical (unpaired) electrons. The van der Waals surface area contributed by atoms with Gasteiger partial charge in [0.05, 0.1) is 34.3 Å². The highest BCUT2D eigenvalue weighted by Crippen LogP contribution is 2.35. The second kappa shape index (κ2) is 4.26. The minimum atomic E-state index is -0.507. The molecule has 1 N–H and O–H groups in total. The van der Waals surface area contributed by atoms with E-state index in [0.717, 1.165) is 16.7 Å². The third kappa shape index (κ3) is 1.80. The van der Waals surface area contributed by atoms with Crippen LogP contribution >= 0.6 is 11.6 Å². The predicted octanol–water partition coefficient (Wildman–Crippen LogP) is 3.37. The number of nitrogens with one attached hydrogen (secondary N) is 1. The summed E-state index contributed by atoms with van der Waals surface area (Å²) in [6.45, 7) is 1.90. The van der Waals surface area contributed by atoms with E-state index in [1.807, 2.05) is 17.5 Å². The van der Waals surface area contributed by atoms with Gasteiger partial charge in [0.2, 0.25) is 0 Å². The number of hydrogen-bond donors (Lipinski definition) is 1.